The summed E-state index contributed by atoms with van der Waals surface area (Å²) in [5.41, 5.74) is 0.931. The van der Waals surface area contributed by atoms with Crippen LogP contribution in [0, 0.1) is 0 Å². The van der Waals surface area contributed by atoms with Gasteiger partial charge in [0, 0.05) is 17.1 Å². The second kappa shape index (κ2) is 9.33. The number of anilines is 1. The second-order valence-electron chi connectivity index (χ2n) is 8.48. The summed E-state index contributed by atoms with van der Waals surface area (Å²) in [7, 11) is 3.99. The first-order chi connectivity index (χ1) is 14.6. The minimum Gasteiger partial charge on any atom is -0.351 e. The summed E-state index contributed by atoms with van der Waals surface area (Å²) >= 11 is 7.21. The zero-order valence-electron chi connectivity index (χ0n) is 18.3. The predicted octanol–water partition coefficient (Wildman–Crippen LogP) is 3.84. The molecule has 0 bridgehead atoms. The zero-order chi connectivity index (χ0) is 22.8. The van der Waals surface area contributed by atoms with Crippen molar-refractivity contribution in [2.45, 2.75) is 32.7 Å². The van der Waals surface area contributed by atoms with Crippen molar-refractivity contribution in [3.05, 3.63) is 40.5 Å². The van der Waals surface area contributed by atoms with Gasteiger partial charge >= 0.3 is 0 Å². The Balaban J connectivity index is 1.87. The summed E-state index contributed by atoms with van der Waals surface area (Å²) in [5.74, 6) is -0.563. The van der Waals surface area contributed by atoms with Crippen LogP contribution >= 0.6 is 22.9 Å². The Morgan fingerprint density at radius 1 is 1.23 bits per heavy atom. The summed E-state index contributed by atoms with van der Waals surface area (Å²) in [5, 5.41) is 11.1. The van der Waals surface area contributed by atoms with Gasteiger partial charge in [-0.2, -0.15) is 10.1 Å². The number of nitrogens with one attached hydrogen (secondary N) is 2. The lowest BCUT2D eigenvalue weighted by atomic mass is 10.1. The molecule has 8 nitrogen and oxygen atoms in total. The first kappa shape index (κ1) is 23.2. The van der Waals surface area contributed by atoms with E-state index >= 15 is 0 Å². The molecule has 0 spiro atoms. The highest BCUT2D eigenvalue weighted by atomic mass is 35.5. The molecule has 0 fully saturated rings. The molecule has 0 unspecified atom stereocenters. The van der Waals surface area contributed by atoms with Crippen molar-refractivity contribution < 1.29 is 9.59 Å². The van der Waals surface area contributed by atoms with Crippen molar-refractivity contribution in [2.24, 2.45) is 0 Å². The van der Waals surface area contributed by atoms with Crippen molar-refractivity contribution >= 4 is 50.2 Å². The number of carbonyl (C=O) groups excluding carboxylic acids is 2. The summed E-state index contributed by atoms with van der Waals surface area (Å²) in [4.78, 5) is 32.0. The smallest absolute Gasteiger partial charge is 0.273 e. The van der Waals surface area contributed by atoms with E-state index in [1.165, 1.54) is 11.3 Å². The molecule has 0 saturated carbocycles. The number of halogens is 1. The molecule has 0 saturated heterocycles. The molecule has 31 heavy (non-hydrogen) atoms. The van der Waals surface area contributed by atoms with Gasteiger partial charge in [-0.05, 0) is 66.0 Å². The molecule has 2 heterocycles. The van der Waals surface area contributed by atoms with Crippen LogP contribution in [0.25, 0.3) is 10.3 Å². The number of nitrogens with zero attached hydrogens (tertiary/aromatic N) is 4. The van der Waals surface area contributed by atoms with Crippen LogP contribution in [-0.2, 0) is 5.54 Å². The number of hydrogen-bond acceptors (Lipinski definition) is 6. The molecule has 3 aromatic rings. The van der Waals surface area contributed by atoms with Gasteiger partial charge in [0.15, 0.2) is 16.5 Å². The zero-order valence-corrected chi connectivity index (χ0v) is 19.9. The molecule has 2 N–H and O–H groups in total. The van der Waals surface area contributed by atoms with E-state index in [-0.39, 0.29) is 17.4 Å². The largest absolute Gasteiger partial charge is 0.351 e. The minimum atomic E-state index is -0.385. The summed E-state index contributed by atoms with van der Waals surface area (Å²) in [6.07, 6.45) is 0.839. The monoisotopic (exact) mass is 462 g/mol. The predicted molar refractivity (Wildman–Crippen MR) is 125 cm³/mol. The fourth-order valence-corrected chi connectivity index (χ4v) is 4.07. The van der Waals surface area contributed by atoms with Crippen LogP contribution < -0.4 is 10.6 Å². The molecule has 0 radical (unpaired) electrons. The van der Waals surface area contributed by atoms with Gasteiger partial charge in [-0.15, -0.1) is 0 Å². The van der Waals surface area contributed by atoms with Gasteiger partial charge in [0.05, 0.1) is 5.54 Å². The highest BCUT2D eigenvalue weighted by Gasteiger charge is 2.27. The number of hydrogen-bond donors (Lipinski definition) is 2. The van der Waals surface area contributed by atoms with Crippen LogP contribution in [0.1, 0.15) is 48.0 Å². The van der Waals surface area contributed by atoms with Gasteiger partial charge in [0.25, 0.3) is 11.8 Å². The molecule has 1 aromatic carbocycles. The van der Waals surface area contributed by atoms with E-state index in [0.29, 0.717) is 38.3 Å². The number of rotatable bonds is 7. The fourth-order valence-electron chi connectivity index (χ4n) is 2.95. The van der Waals surface area contributed by atoms with Crippen LogP contribution in [0.2, 0.25) is 5.02 Å². The topological polar surface area (TPSA) is 92.2 Å². The molecule has 0 atom stereocenters. The normalized spacial score (nSPS) is 11.8. The minimum absolute atomic E-state index is 0.247. The quantitative estimate of drug-likeness (QED) is 0.520. The standard InChI is InChI=1S/C21H27ClN6O2S/c1-21(2,3)28-17-16(15(26-28)19(30)23-10-7-11-27(4)5)31-20(24-17)25-18(29)13-8-6-9-14(22)12-13/h6,8-9,12H,7,10-11H2,1-5H3,(H,23,30)(H,24,25,29). The molecule has 2 aromatic heterocycles. The Morgan fingerprint density at radius 2 is 1.97 bits per heavy atom. The molecule has 2 amide bonds. The molecule has 166 valence electrons. The first-order valence-corrected chi connectivity index (χ1v) is 11.2. The van der Waals surface area contributed by atoms with Gasteiger partial charge < -0.3 is 10.2 Å². The van der Waals surface area contributed by atoms with Gasteiger partial charge in [-0.3, -0.25) is 14.9 Å². The number of benzene rings is 1. The van der Waals surface area contributed by atoms with E-state index in [1.54, 1.807) is 28.9 Å². The van der Waals surface area contributed by atoms with Crippen molar-refractivity contribution in [2.75, 3.05) is 32.5 Å². The first-order valence-electron chi connectivity index (χ1n) is 9.96. The summed E-state index contributed by atoms with van der Waals surface area (Å²) in [6, 6.07) is 6.69. The maximum Gasteiger partial charge on any atom is 0.273 e. The van der Waals surface area contributed by atoms with Crippen LogP contribution in [0.5, 0.6) is 0 Å². The SMILES string of the molecule is CN(C)CCCNC(=O)c1nn(C(C)(C)C)c2nc(NC(=O)c3cccc(Cl)c3)sc12. The lowest BCUT2D eigenvalue weighted by molar-refractivity contribution is 0.0946. The molecule has 0 aliphatic carbocycles. The van der Waals surface area contributed by atoms with Crippen LogP contribution in [0.4, 0.5) is 5.13 Å². The van der Waals surface area contributed by atoms with Crippen molar-refractivity contribution in [1.82, 2.24) is 25.0 Å². The van der Waals surface area contributed by atoms with E-state index in [2.05, 4.69) is 25.6 Å². The molecular formula is C21H27ClN6O2S. The molecule has 0 aliphatic heterocycles. The molecule has 3 rings (SSSR count). The average Bonchev–Trinajstić information content (AvgIpc) is 3.22. The number of aromatic nitrogens is 3. The third-order valence-corrected chi connectivity index (χ3v) is 5.65. The lowest BCUT2D eigenvalue weighted by Gasteiger charge is -2.19. The average molecular weight is 463 g/mol. The lowest BCUT2D eigenvalue weighted by Crippen LogP contribution is -2.29. The second-order valence-corrected chi connectivity index (χ2v) is 9.92. The van der Waals surface area contributed by atoms with E-state index < -0.39 is 0 Å². The van der Waals surface area contributed by atoms with Gasteiger partial charge in [-0.25, -0.2) is 4.68 Å². The Bertz CT molecular complexity index is 1100. The third-order valence-electron chi connectivity index (χ3n) is 4.45. The van der Waals surface area contributed by atoms with Gasteiger partial charge in [-0.1, -0.05) is 29.0 Å². The van der Waals surface area contributed by atoms with Crippen molar-refractivity contribution in [3.8, 4) is 0 Å². The Labute approximate surface area is 190 Å². The molecular weight excluding hydrogens is 436 g/mol. The van der Waals surface area contributed by atoms with E-state index in [0.717, 1.165) is 13.0 Å². The number of amides is 2. The number of carbonyl (C=O) groups is 2. The van der Waals surface area contributed by atoms with Crippen molar-refractivity contribution in [1.29, 1.82) is 0 Å². The third kappa shape index (κ3) is 5.61. The maximum absolute atomic E-state index is 12.8. The Morgan fingerprint density at radius 3 is 2.61 bits per heavy atom. The molecule has 10 heteroatoms. The molecule has 0 aliphatic rings. The van der Waals surface area contributed by atoms with E-state index in [4.69, 9.17) is 11.6 Å². The van der Waals surface area contributed by atoms with Crippen molar-refractivity contribution in [3.63, 3.8) is 0 Å². The number of fused-ring (bicyclic) bond motifs is 1. The summed E-state index contributed by atoms with van der Waals surface area (Å²) in [6.45, 7) is 7.40. The highest BCUT2D eigenvalue weighted by Crippen LogP contribution is 2.32. The Hall–Kier alpha value is -2.49. The van der Waals surface area contributed by atoms with Crippen LogP contribution in [-0.4, -0.2) is 58.7 Å². The Kier molecular flexibility index (Phi) is 6.98. The summed E-state index contributed by atoms with van der Waals surface area (Å²) < 4.78 is 2.37. The highest BCUT2D eigenvalue weighted by molar-refractivity contribution is 7.22. The van der Waals surface area contributed by atoms with E-state index in [1.807, 2.05) is 34.9 Å². The van der Waals surface area contributed by atoms with E-state index in [9.17, 15) is 9.59 Å². The fraction of sp³-hybridized carbons (Fsp3) is 0.429. The van der Waals surface area contributed by atoms with Gasteiger partial charge in [0.2, 0.25) is 0 Å². The number of thiazole rings is 1. The maximum atomic E-state index is 12.8. The van der Waals surface area contributed by atoms with Crippen LogP contribution in [0.15, 0.2) is 24.3 Å². The van der Waals surface area contributed by atoms with Gasteiger partial charge in [0.1, 0.15) is 4.70 Å². The van der Waals surface area contributed by atoms with Crippen LogP contribution in [0.3, 0.4) is 0 Å².